The van der Waals surface area contributed by atoms with Gasteiger partial charge in [-0.05, 0) is 30.7 Å². The molecule has 0 radical (unpaired) electrons. The summed E-state index contributed by atoms with van der Waals surface area (Å²) in [6, 6.07) is 8.75. The maximum absolute atomic E-state index is 5.93. The Bertz CT molecular complexity index is 610. The van der Waals surface area contributed by atoms with Gasteiger partial charge in [-0.3, -0.25) is 16.0 Å². The molecular formula is C17H26N4. The SMILES string of the molecule is CCC1(C(Cc2nn(C)c3ccccc23)NN)CCCC1. The van der Waals surface area contributed by atoms with Crippen LogP contribution in [0.2, 0.25) is 0 Å². The van der Waals surface area contributed by atoms with Crippen molar-refractivity contribution in [3.05, 3.63) is 30.0 Å². The van der Waals surface area contributed by atoms with E-state index >= 15 is 0 Å². The predicted molar refractivity (Wildman–Crippen MR) is 86.7 cm³/mol. The second kappa shape index (κ2) is 5.78. The molecular weight excluding hydrogens is 260 g/mol. The quantitative estimate of drug-likeness (QED) is 0.656. The molecule has 1 aliphatic rings. The van der Waals surface area contributed by atoms with Gasteiger partial charge in [-0.2, -0.15) is 5.10 Å². The molecule has 1 aromatic heterocycles. The molecule has 4 nitrogen and oxygen atoms in total. The van der Waals surface area contributed by atoms with Crippen molar-refractivity contribution in [3.63, 3.8) is 0 Å². The Hall–Kier alpha value is -1.39. The molecule has 0 aliphatic heterocycles. The largest absolute Gasteiger partial charge is 0.271 e. The van der Waals surface area contributed by atoms with Crippen molar-refractivity contribution in [1.82, 2.24) is 15.2 Å². The van der Waals surface area contributed by atoms with Crippen molar-refractivity contribution in [3.8, 4) is 0 Å². The van der Waals surface area contributed by atoms with E-state index in [0.29, 0.717) is 11.5 Å². The number of nitrogens with one attached hydrogen (secondary N) is 1. The first-order chi connectivity index (χ1) is 10.2. The summed E-state index contributed by atoms with van der Waals surface area (Å²) in [7, 11) is 2.02. The first-order valence-electron chi connectivity index (χ1n) is 8.07. The summed E-state index contributed by atoms with van der Waals surface area (Å²) in [5.41, 5.74) is 5.81. The maximum Gasteiger partial charge on any atom is 0.0719 e. The van der Waals surface area contributed by atoms with Crippen LogP contribution in [0.5, 0.6) is 0 Å². The van der Waals surface area contributed by atoms with Gasteiger partial charge in [0.2, 0.25) is 0 Å². The van der Waals surface area contributed by atoms with Crippen molar-refractivity contribution in [1.29, 1.82) is 0 Å². The number of hydrogen-bond donors (Lipinski definition) is 2. The molecule has 3 rings (SSSR count). The first-order valence-corrected chi connectivity index (χ1v) is 8.07. The number of nitrogens with two attached hydrogens (primary N) is 1. The minimum Gasteiger partial charge on any atom is -0.271 e. The predicted octanol–water partition coefficient (Wildman–Crippen LogP) is 2.92. The number of para-hydroxylation sites is 1. The van der Waals surface area contributed by atoms with Gasteiger partial charge < -0.3 is 0 Å². The highest BCUT2D eigenvalue weighted by atomic mass is 15.3. The molecule has 0 amide bonds. The Morgan fingerprint density at radius 2 is 2.05 bits per heavy atom. The molecule has 0 bridgehead atoms. The maximum atomic E-state index is 5.93. The summed E-state index contributed by atoms with van der Waals surface area (Å²) in [6.45, 7) is 2.30. The van der Waals surface area contributed by atoms with Crippen molar-refractivity contribution >= 4 is 10.9 Å². The molecule has 1 saturated carbocycles. The van der Waals surface area contributed by atoms with Crippen molar-refractivity contribution in [2.45, 2.75) is 51.5 Å². The summed E-state index contributed by atoms with van der Waals surface area (Å²) in [5, 5.41) is 5.99. The third-order valence-electron chi connectivity index (χ3n) is 5.48. The Kier molecular flexibility index (Phi) is 4.00. The molecule has 1 unspecified atom stereocenters. The fraction of sp³-hybridized carbons (Fsp3) is 0.588. The molecule has 114 valence electrons. The van der Waals surface area contributed by atoms with E-state index in [2.05, 4.69) is 36.6 Å². The van der Waals surface area contributed by atoms with Crippen LogP contribution in [0.3, 0.4) is 0 Å². The lowest BCUT2D eigenvalue weighted by Crippen LogP contribution is -2.48. The number of aromatic nitrogens is 2. The third kappa shape index (κ3) is 2.47. The highest BCUT2D eigenvalue weighted by molar-refractivity contribution is 5.81. The molecule has 1 heterocycles. The van der Waals surface area contributed by atoms with E-state index in [9.17, 15) is 0 Å². The van der Waals surface area contributed by atoms with E-state index in [1.54, 1.807) is 0 Å². The monoisotopic (exact) mass is 286 g/mol. The molecule has 0 spiro atoms. The van der Waals surface area contributed by atoms with Crippen LogP contribution in [-0.2, 0) is 13.5 Å². The van der Waals surface area contributed by atoms with E-state index < -0.39 is 0 Å². The molecule has 4 heteroatoms. The van der Waals surface area contributed by atoms with E-state index in [1.165, 1.54) is 43.0 Å². The van der Waals surface area contributed by atoms with E-state index in [-0.39, 0.29) is 0 Å². The lowest BCUT2D eigenvalue weighted by Gasteiger charge is -2.36. The topological polar surface area (TPSA) is 55.9 Å². The lowest BCUT2D eigenvalue weighted by molar-refractivity contribution is 0.184. The fourth-order valence-corrected chi connectivity index (χ4v) is 4.11. The van der Waals surface area contributed by atoms with Crippen LogP contribution in [-0.4, -0.2) is 15.8 Å². The Morgan fingerprint density at radius 1 is 1.33 bits per heavy atom. The average Bonchev–Trinajstić information content (AvgIpc) is 3.11. The molecule has 21 heavy (non-hydrogen) atoms. The average molecular weight is 286 g/mol. The summed E-state index contributed by atoms with van der Waals surface area (Å²) in [5.74, 6) is 5.93. The smallest absolute Gasteiger partial charge is 0.0719 e. The number of benzene rings is 1. The third-order valence-corrected chi connectivity index (χ3v) is 5.48. The van der Waals surface area contributed by atoms with Crippen LogP contribution in [0, 0.1) is 5.41 Å². The van der Waals surface area contributed by atoms with Gasteiger partial charge in [0.25, 0.3) is 0 Å². The Balaban J connectivity index is 1.92. The molecule has 1 fully saturated rings. The van der Waals surface area contributed by atoms with Gasteiger partial charge in [-0.1, -0.05) is 38.0 Å². The molecule has 1 aliphatic carbocycles. The standard InChI is InChI=1S/C17H26N4/c1-3-17(10-6-7-11-17)16(19-18)12-14-13-8-4-5-9-15(13)21(2)20-14/h4-5,8-9,16,19H,3,6-7,10-12,18H2,1-2H3. The number of fused-ring (bicyclic) bond motifs is 1. The van der Waals surface area contributed by atoms with E-state index in [0.717, 1.165) is 12.1 Å². The van der Waals surface area contributed by atoms with Crippen molar-refractivity contribution < 1.29 is 0 Å². The highest BCUT2D eigenvalue weighted by Crippen LogP contribution is 2.44. The number of aryl methyl sites for hydroxylation is 1. The van der Waals surface area contributed by atoms with Gasteiger partial charge >= 0.3 is 0 Å². The van der Waals surface area contributed by atoms with Gasteiger partial charge in [0, 0.05) is 24.9 Å². The first kappa shape index (κ1) is 14.5. The Labute approximate surface area is 126 Å². The van der Waals surface area contributed by atoms with Crippen molar-refractivity contribution in [2.24, 2.45) is 18.3 Å². The van der Waals surface area contributed by atoms with Crippen LogP contribution in [0.4, 0.5) is 0 Å². The van der Waals surface area contributed by atoms with Gasteiger partial charge in [0.1, 0.15) is 0 Å². The molecule has 2 aromatic rings. The number of hydrogen-bond acceptors (Lipinski definition) is 3. The van der Waals surface area contributed by atoms with E-state index in [4.69, 9.17) is 10.9 Å². The summed E-state index contributed by atoms with van der Waals surface area (Å²) in [6.07, 6.45) is 7.31. The van der Waals surface area contributed by atoms with Gasteiger partial charge in [-0.15, -0.1) is 0 Å². The molecule has 0 saturated heterocycles. The van der Waals surface area contributed by atoms with E-state index in [1.807, 2.05) is 11.7 Å². The normalized spacial score (nSPS) is 19.2. The zero-order valence-corrected chi connectivity index (χ0v) is 13.1. The molecule has 1 aromatic carbocycles. The van der Waals surface area contributed by atoms with Crippen LogP contribution >= 0.6 is 0 Å². The van der Waals surface area contributed by atoms with Crippen LogP contribution in [0.15, 0.2) is 24.3 Å². The zero-order chi connectivity index (χ0) is 14.9. The van der Waals surface area contributed by atoms with Gasteiger partial charge in [-0.25, -0.2) is 0 Å². The number of nitrogens with zero attached hydrogens (tertiary/aromatic N) is 2. The lowest BCUT2D eigenvalue weighted by atomic mass is 9.74. The molecule has 1 atom stereocenters. The summed E-state index contributed by atoms with van der Waals surface area (Å²) in [4.78, 5) is 0. The Morgan fingerprint density at radius 3 is 2.71 bits per heavy atom. The second-order valence-corrected chi connectivity index (χ2v) is 6.43. The van der Waals surface area contributed by atoms with Crippen LogP contribution in [0.1, 0.15) is 44.7 Å². The second-order valence-electron chi connectivity index (χ2n) is 6.43. The minimum atomic E-state index is 0.309. The van der Waals surface area contributed by atoms with Crippen LogP contribution in [0.25, 0.3) is 10.9 Å². The van der Waals surface area contributed by atoms with Gasteiger partial charge in [0.15, 0.2) is 0 Å². The van der Waals surface area contributed by atoms with Crippen molar-refractivity contribution in [2.75, 3.05) is 0 Å². The summed E-state index contributed by atoms with van der Waals surface area (Å²) < 4.78 is 1.98. The zero-order valence-electron chi connectivity index (χ0n) is 13.1. The van der Waals surface area contributed by atoms with Crippen LogP contribution < -0.4 is 11.3 Å². The fourth-order valence-electron chi connectivity index (χ4n) is 4.11. The highest BCUT2D eigenvalue weighted by Gasteiger charge is 2.39. The number of hydrazine groups is 1. The van der Waals surface area contributed by atoms with Gasteiger partial charge in [0.05, 0.1) is 11.2 Å². The minimum absolute atomic E-state index is 0.309. The molecule has 3 N–H and O–H groups in total. The summed E-state index contributed by atoms with van der Waals surface area (Å²) >= 11 is 0. The number of rotatable bonds is 5.